The van der Waals surface area contributed by atoms with Gasteiger partial charge in [-0.1, -0.05) is 6.07 Å². The van der Waals surface area contributed by atoms with Crippen molar-refractivity contribution in [2.75, 3.05) is 32.8 Å². The summed E-state index contributed by atoms with van der Waals surface area (Å²) in [6.07, 6.45) is 1.000. The molecule has 1 aromatic rings. The lowest BCUT2D eigenvalue weighted by molar-refractivity contribution is -0.133. The molecule has 5 heteroatoms. The number of benzene rings is 1. The van der Waals surface area contributed by atoms with Gasteiger partial charge in [0.05, 0.1) is 4.47 Å². The minimum absolute atomic E-state index is 0.0520. The van der Waals surface area contributed by atoms with Gasteiger partial charge in [0.1, 0.15) is 5.75 Å². The van der Waals surface area contributed by atoms with Crippen molar-refractivity contribution in [1.29, 1.82) is 0 Å². The maximum Gasteiger partial charge on any atom is 0.260 e. The maximum atomic E-state index is 12.1. The highest BCUT2D eigenvalue weighted by atomic mass is 79.9. The molecule has 1 aromatic carbocycles. The molecule has 1 heterocycles. The van der Waals surface area contributed by atoms with E-state index in [9.17, 15) is 4.79 Å². The van der Waals surface area contributed by atoms with E-state index in [1.165, 1.54) is 0 Å². The Kier molecular flexibility index (Phi) is 5.22. The van der Waals surface area contributed by atoms with Crippen LogP contribution in [0.4, 0.5) is 0 Å². The third-order valence-electron chi connectivity index (χ3n) is 3.13. The lowest BCUT2D eigenvalue weighted by atomic mass is 10.2. The monoisotopic (exact) mass is 326 g/mol. The van der Waals surface area contributed by atoms with Gasteiger partial charge in [0.25, 0.3) is 5.91 Å². The highest BCUT2D eigenvalue weighted by molar-refractivity contribution is 9.10. The fourth-order valence-electron chi connectivity index (χ4n) is 2.05. The van der Waals surface area contributed by atoms with Crippen molar-refractivity contribution in [3.8, 4) is 5.75 Å². The van der Waals surface area contributed by atoms with Gasteiger partial charge in [0.2, 0.25) is 0 Å². The summed E-state index contributed by atoms with van der Waals surface area (Å²) in [5, 5.41) is 3.28. The Morgan fingerprint density at radius 3 is 3.05 bits per heavy atom. The summed E-state index contributed by atoms with van der Waals surface area (Å²) in [5.41, 5.74) is 1.16. The number of ether oxygens (including phenoxy) is 1. The van der Waals surface area contributed by atoms with Crippen molar-refractivity contribution in [3.63, 3.8) is 0 Å². The lowest BCUT2D eigenvalue weighted by Gasteiger charge is -2.20. The number of carbonyl (C=O) groups excluding carboxylic acids is 1. The zero-order chi connectivity index (χ0) is 13.7. The summed E-state index contributed by atoms with van der Waals surface area (Å²) in [6.45, 7) is 5.53. The molecule has 1 aliphatic heterocycles. The fraction of sp³-hybridized carbons (Fsp3) is 0.500. The number of carbonyl (C=O) groups is 1. The van der Waals surface area contributed by atoms with Gasteiger partial charge in [-0.3, -0.25) is 4.79 Å². The number of nitrogens with one attached hydrogen (secondary N) is 1. The number of hydrogen-bond donors (Lipinski definition) is 1. The van der Waals surface area contributed by atoms with Crippen LogP contribution in [0.3, 0.4) is 0 Å². The summed E-state index contributed by atoms with van der Waals surface area (Å²) >= 11 is 3.45. The first-order valence-electron chi connectivity index (χ1n) is 6.54. The number of halogens is 1. The molecule has 0 bridgehead atoms. The maximum absolute atomic E-state index is 12.1. The van der Waals surface area contributed by atoms with Gasteiger partial charge in [0, 0.05) is 19.6 Å². The van der Waals surface area contributed by atoms with Crippen molar-refractivity contribution in [2.45, 2.75) is 13.3 Å². The first-order chi connectivity index (χ1) is 9.16. The van der Waals surface area contributed by atoms with Crippen LogP contribution in [-0.4, -0.2) is 43.6 Å². The summed E-state index contributed by atoms with van der Waals surface area (Å²) in [7, 11) is 0. The SMILES string of the molecule is Cc1ccc(OCC(=O)N2CCCNCC2)c(Br)c1. The molecule has 2 rings (SSSR count). The van der Waals surface area contributed by atoms with E-state index in [0.29, 0.717) is 5.75 Å². The molecule has 1 aliphatic rings. The molecule has 0 radical (unpaired) electrons. The smallest absolute Gasteiger partial charge is 0.260 e. The number of hydrogen-bond acceptors (Lipinski definition) is 3. The predicted molar refractivity (Wildman–Crippen MR) is 78.4 cm³/mol. The number of nitrogens with zero attached hydrogens (tertiary/aromatic N) is 1. The highest BCUT2D eigenvalue weighted by Gasteiger charge is 2.16. The number of aryl methyl sites for hydroxylation is 1. The van der Waals surface area contributed by atoms with Gasteiger partial charge >= 0.3 is 0 Å². The van der Waals surface area contributed by atoms with Crippen molar-refractivity contribution < 1.29 is 9.53 Å². The Bertz CT molecular complexity index is 443. The van der Waals surface area contributed by atoms with Crippen molar-refractivity contribution in [3.05, 3.63) is 28.2 Å². The molecule has 0 unspecified atom stereocenters. The first-order valence-corrected chi connectivity index (χ1v) is 7.33. The molecule has 19 heavy (non-hydrogen) atoms. The largest absolute Gasteiger partial charge is 0.483 e. The molecule has 0 atom stereocenters. The molecule has 1 amide bonds. The van der Waals surface area contributed by atoms with Crippen molar-refractivity contribution in [2.24, 2.45) is 0 Å². The Labute approximate surface area is 122 Å². The second-order valence-electron chi connectivity index (χ2n) is 4.71. The molecule has 4 nitrogen and oxygen atoms in total. The zero-order valence-corrected chi connectivity index (χ0v) is 12.7. The molecule has 1 N–H and O–H groups in total. The first kappa shape index (κ1) is 14.3. The normalized spacial score (nSPS) is 16.0. The number of rotatable bonds is 3. The summed E-state index contributed by atoms with van der Waals surface area (Å²) in [4.78, 5) is 13.9. The third-order valence-corrected chi connectivity index (χ3v) is 3.75. The van der Waals surface area contributed by atoms with Crippen molar-refractivity contribution in [1.82, 2.24) is 10.2 Å². The summed E-state index contributed by atoms with van der Waals surface area (Å²) < 4.78 is 6.48. The molecular formula is C14H19BrN2O2. The lowest BCUT2D eigenvalue weighted by Crippen LogP contribution is -2.37. The van der Waals surface area contributed by atoms with E-state index >= 15 is 0 Å². The molecule has 0 spiro atoms. The van der Waals surface area contributed by atoms with Crippen LogP contribution in [0.25, 0.3) is 0 Å². The third kappa shape index (κ3) is 4.21. The van der Waals surface area contributed by atoms with Gasteiger partial charge in [-0.2, -0.15) is 0 Å². The van der Waals surface area contributed by atoms with Crippen LogP contribution in [0.1, 0.15) is 12.0 Å². The van der Waals surface area contributed by atoms with E-state index in [2.05, 4.69) is 21.2 Å². The van der Waals surface area contributed by atoms with Crippen LogP contribution in [0.5, 0.6) is 5.75 Å². The standard InChI is InChI=1S/C14H19BrN2O2/c1-11-3-4-13(12(15)9-11)19-10-14(18)17-7-2-5-16-6-8-17/h3-4,9,16H,2,5-8,10H2,1H3. The van der Waals surface area contributed by atoms with Crippen LogP contribution in [0.15, 0.2) is 22.7 Å². The minimum atomic E-state index is 0.0520. The van der Waals surface area contributed by atoms with E-state index in [4.69, 9.17) is 4.74 Å². The van der Waals surface area contributed by atoms with Crippen LogP contribution in [0.2, 0.25) is 0 Å². The van der Waals surface area contributed by atoms with Crippen molar-refractivity contribution >= 4 is 21.8 Å². The second-order valence-corrected chi connectivity index (χ2v) is 5.56. The van der Waals surface area contributed by atoms with E-state index in [1.54, 1.807) is 0 Å². The van der Waals surface area contributed by atoms with Crippen LogP contribution >= 0.6 is 15.9 Å². The molecule has 104 valence electrons. The van der Waals surface area contributed by atoms with Crippen LogP contribution < -0.4 is 10.1 Å². The average molecular weight is 327 g/mol. The Morgan fingerprint density at radius 1 is 1.42 bits per heavy atom. The highest BCUT2D eigenvalue weighted by Crippen LogP contribution is 2.25. The molecule has 0 saturated carbocycles. The van der Waals surface area contributed by atoms with E-state index < -0.39 is 0 Å². The summed E-state index contributed by atoms with van der Waals surface area (Å²) in [5.74, 6) is 0.767. The average Bonchev–Trinajstić information content (AvgIpc) is 2.66. The van der Waals surface area contributed by atoms with Gasteiger partial charge in [-0.25, -0.2) is 0 Å². The fourth-order valence-corrected chi connectivity index (χ4v) is 2.66. The topological polar surface area (TPSA) is 41.6 Å². The van der Waals surface area contributed by atoms with Gasteiger partial charge < -0.3 is 15.0 Å². The molecule has 0 aliphatic carbocycles. The zero-order valence-electron chi connectivity index (χ0n) is 11.1. The molecule has 1 fully saturated rings. The van der Waals surface area contributed by atoms with Gasteiger partial charge in [-0.15, -0.1) is 0 Å². The molecule has 1 saturated heterocycles. The molecule has 0 aromatic heterocycles. The van der Waals surface area contributed by atoms with E-state index in [0.717, 1.165) is 42.6 Å². The minimum Gasteiger partial charge on any atom is -0.483 e. The Balaban J connectivity index is 1.88. The van der Waals surface area contributed by atoms with E-state index in [-0.39, 0.29) is 12.5 Å². The van der Waals surface area contributed by atoms with Crippen LogP contribution in [-0.2, 0) is 4.79 Å². The van der Waals surface area contributed by atoms with E-state index in [1.807, 2.05) is 30.0 Å². The summed E-state index contributed by atoms with van der Waals surface area (Å²) in [6, 6.07) is 5.84. The predicted octanol–water partition coefficient (Wildman–Crippen LogP) is 1.96. The van der Waals surface area contributed by atoms with Gasteiger partial charge in [0.15, 0.2) is 6.61 Å². The second kappa shape index (κ2) is 6.91. The van der Waals surface area contributed by atoms with Crippen LogP contribution in [0, 0.1) is 6.92 Å². The Morgan fingerprint density at radius 2 is 2.26 bits per heavy atom. The van der Waals surface area contributed by atoms with Gasteiger partial charge in [-0.05, 0) is 53.5 Å². The quantitative estimate of drug-likeness (QED) is 0.923. The Hall–Kier alpha value is -1.07. The molecular weight excluding hydrogens is 308 g/mol. The number of amides is 1.